The van der Waals surface area contributed by atoms with Crippen LogP contribution < -0.4 is 16.0 Å². The predicted octanol–water partition coefficient (Wildman–Crippen LogP) is 2.48. The average Bonchev–Trinajstić information content (AvgIpc) is 2.88. The molecule has 0 radical (unpaired) electrons. The zero-order valence-electron chi connectivity index (χ0n) is 12.7. The van der Waals surface area contributed by atoms with Crippen molar-refractivity contribution in [2.75, 3.05) is 11.9 Å². The van der Waals surface area contributed by atoms with E-state index >= 15 is 0 Å². The van der Waals surface area contributed by atoms with E-state index < -0.39 is 6.03 Å². The zero-order chi connectivity index (χ0) is 15.2. The SMILES string of the molecule is Cc1cc(C)cc(NCC(=O)NC(=O)NC2CCCC2)c1. The Balaban J connectivity index is 1.74. The Morgan fingerprint density at radius 2 is 1.71 bits per heavy atom. The third-order valence-corrected chi connectivity index (χ3v) is 3.62. The van der Waals surface area contributed by atoms with Gasteiger partial charge < -0.3 is 10.6 Å². The lowest BCUT2D eigenvalue weighted by Crippen LogP contribution is -2.45. The quantitative estimate of drug-likeness (QED) is 0.797. The minimum atomic E-state index is -0.394. The van der Waals surface area contributed by atoms with Crippen molar-refractivity contribution in [3.05, 3.63) is 29.3 Å². The summed E-state index contributed by atoms with van der Waals surface area (Å²) in [6.45, 7) is 4.10. The molecule has 5 nitrogen and oxygen atoms in total. The van der Waals surface area contributed by atoms with E-state index in [9.17, 15) is 9.59 Å². The van der Waals surface area contributed by atoms with Gasteiger partial charge in [0.05, 0.1) is 6.54 Å². The van der Waals surface area contributed by atoms with E-state index in [4.69, 9.17) is 0 Å². The number of benzene rings is 1. The summed E-state index contributed by atoms with van der Waals surface area (Å²) in [4.78, 5) is 23.4. The molecule has 0 bridgehead atoms. The number of aryl methyl sites for hydroxylation is 2. The number of hydrogen-bond acceptors (Lipinski definition) is 3. The Labute approximate surface area is 125 Å². The van der Waals surface area contributed by atoms with E-state index in [0.717, 1.165) is 42.5 Å². The van der Waals surface area contributed by atoms with E-state index in [1.165, 1.54) is 0 Å². The van der Waals surface area contributed by atoms with Crippen LogP contribution in [0.1, 0.15) is 36.8 Å². The van der Waals surface area contributed by atoms with E-state index in [2.05, 4.69) is 22.0 Å². The number of carbonyl (C=O) groups is 2. The molecule has 1 fully saturated rings. The standard InChI is InChI=1S/C16H23N3O2/c1-11-7-12(2)9-14(8-11)17-10-15(20)19-16(21)18-13-5-3-4-6-13/h7-9,13,17H,3-6,10H2,1-2H3,(H2,18,19,20,21). The van der Waals surface area contributed by atoms with Crippen molar-refractivity contribution in [3.8, 4) is 0 Å². The molecule has 0 aromatic heterocycles. The molecule has 1 saturated carbocycles. The van der Waals surface area contributed by atoms with Crippen LogP contribution in [0, 0.1) is 13.8 Å². The van der Waals surface area contributed by atoms with Gasteiger partial charge in [0.25, 0.3) is 0 Å². The van der Waals surface area contributed by atoms with Crippen LogP contribution in [-0.2, 0) is 4.79 Å². The average molecular weight is 289 g/mol. The maximum absolute atomic E-state index is 11.7. The lowest BCUT2D eigenvalue weighted by Gasteiger charge is -2.13. The highest BCUT2D eigenvalue weighted by atomic mass is 16.2. The van der Waals surface area contributed by atoms with Crippen LogP contribution in [-0.4, -0.2) is 24.5 Å². The fourth-order valence-corrected chi connectivity index (χ4v) is 2.72. The maximum Gasteiger partial charge on any atom is 0.321 e. The number of nitrogens with one attached hydrogen (secondary N) is 3. The molecule has 1 aromatic carbocycles. The van der Waals surface area contributed by atoms with Gasteiger partial charge in [-0.2, -0.15) is 0 Å². The third-order valence-electron chi connectivity index (χ3n) is 3.62. The van der Waals surface area contributed by atoms with Crippen molar-refractivity contribution < 1.29 is 9.59 Å². The molecule has 1 aliphatic carbocycles. The zero-order valence-corrected chi connectivity index (χ0v) is 12.7. The van der Waals surface area contributed by atoms with Crippen molar-refractivity contribution in [1.29, 1.82) is 0 Å². The maximum atomic E-state index is 11.7. The molecule has 0 unspecified atom stereocenters. The second-order valence-corrected chi connectivity index (χ2v) is 5.73. The Hall–Kier alpha value is -2.04. The Morgan fingerprint density at radius 1 is 1.10 bits per heavy atom. The molecule has 1 aromatic rings. The van der Waals surface area contributed by atoms with Crippen LogP contribution in [0.25, 0.3) is 0 Å². The molecule has 0 atom stereocenters. The van der Waals surface area contributed by atoms with Crippen LogP contribution in [0.15, 0.2) is 18.2 Å². The Morgan fingerprint density at radius 3 is 2.33 bits per heavy atom. The molecule has 0 spiro atoms. The van der Waals surface area contributed by atoms with E-state index in [1.807, 2.05) is 26.0 Å². The van der Waals surface area contributed by atoms with Gasteiger partial charge in [-0.3, -0.25) is 10.1 Å². The fourth-order valence-electron chi connectivity index (χ4n) is 2.72. The molecule has 2 rings (SSSR count). The lowest BCUT2D eigenvalue weighted by atomic mass is 10.1. The van der Waals surface area contributed by atoms with Gasteiger partial charge in [0.2, 0.25) is 5.91 Å². The van der Waals surface area contributed by atoms with Gasteiger partial charge in [0.15, 0.2) is 0 Å². The van der Waals surface area contributed by atoms with Gasteiger partial charge >= 0.3 is 6.03 Å². The van der Waals surface area contributed by atoms with Crippen LogP contribution in [0.3, 0.4) is 0 Å². The van der Waals surface area contributed by atoms with Crippen molar-refractivity contribution in [2.24, 2.45) is 0 Å². The number of hydrogen-bond donors (Lipinski definition) is 3. The highest BCUT2D eigenvalue weighted by molar-refractivity contribution is 5.96. The normalized spacial score (nSPS) is 14.8. The number of imide groups is 1. The van der Waals surface area contributed by atoms with Crippen LogP contribution in [0.2, 0.25) is 0 Å². The van der Waals surface area contributed by atoms with Crippen molar-refractivity contribution in [3.63, 3.8) is 0 Å². The topological polar surface area (TPSA) is 70.2 Å². The first-order valence-corrected chi connectivity index (χ1v) is 7.45. The molecular weight excluding hydrogens is 266 g/mol. The minimum Gasteiger partial charge on any atom is -0.376 e. The Bertz CT molecular complexity index is 502. The highest BCUT2D eigenvalue weighted by Gasteiger charge is 2.17. The molecule has 3 N–H and O–H groups in total. The summed E-state index contributed by atoms with van der Waals surface area (Å²) in [7, 11) is 0. The van der Waals surface area contributed by atoms with Crippen LogP contribution in [0.5, 0.6) is 0 Å². The summed E-state index contributed by atoms with van der Waals surface area (Å²) in [5.41, 5.74) is 3.16. The fraction of sp³-hybridized carbons (Fsp3) is 0.500. The first-order chi connectivity index (χ1) is 10.0. The van der Waals surface area contributed by atoms with Crippen molar-refractivity contribution >= 4 is 17.6 Å². The molecule has 0 aliphatic heterocycles. The largest absolute Gasteiger partial charge is 0.376 e. The summed E-state index contributed by atoms with van der Waals surface area (Å²) in [6.07, 6.45) is 4.30. The summed E-state index contributed by atoms with van der Waals surface area (Å²) in [5.74, 6) is -0.329. The second-order valence-electron chi connectivity index (χ2n) is 5.73. The van der Waals surface area contributed by atoms with E-state index in [0.29, 0.717) is 0 Å². The van der Waals surface area contributed by atoms with Gasteiger partial charge in [-0.25, -0.2) is 4.79 Å². The van der Waals surface area contributed by atoms with Gasteiger partial charge in [0, 0.05) is 11.7 Å². The highest BCUT2D eigenvalue weighted by Crippen LogP contribution is 2.17. The summed E-state index contributed by atoms with van der Waals surface area (Å²) in [5, 5.41) is 8.22. The minimum absolute atomic E-state index is 0.0843. The van der Waals surface area contributed by atoms with Gasteiger partial charge in [-0.05, 0) is 49.9 Å². The molecule has 1 aliphatic rings. The molecule has 0 heterocycles. The van der Waals surface area contributed by atoms with Crippen molar-refractivity contribution in [1.82, 2.24) is 10.6 Å². The van der Waals surface area contributed by atoms with Crippen molar-refractivity contribution in [2.45, 2.75) is 45.6 Å². The Kier molecular flexibility index (Phi) is 5.20. The van der Waals surface area contributed by atoms with Crippen LogP contribution in [0.4, 0.5) is 10.5 Å². The molecule has 114 valence electrons. The first-order valence-electron chi connectivity index (χ1n) is 7.45. The molecule has 0 saturated heterocycles. The molecule has 21 heavy (non-hydrogen) atoms. The summed E-state index contributed by atoms with van der Waals surface area (Å²) >= 11 is 0. The third kappa shape index (κ3) is 5.10. The number of urea groups is 1. The monoisotopic (exact) mass is 289 g/mol. The van der Waals surface area contributed by atoms with E-state index in [-0.39, 0.29) is 18.5 Å². The first kappa shape index (κ1) is 15.4. The number of amides is 3. The summed E-state index contributed by atoms with van der Waals surface area (Å²) < 4.78 is 0. The van der Waals surface area contributed by atoms with E-state index in [1.54, 1.807) is 0 Å². The van der Waals surface area contributed by atoms with Crippen LogP contribution >= 0.6 is 0 Å². The molecular formula is C16H23N3O2. The smallest absolute Gasteiger partial charge is 0.321 e. The molecule has 5 heteroatoms. The number of rotatable bonds is 4. The van der Waals surface area contributed by atoms with Gasteiger partial charge in [-0.15, -0.1) is 0 Å². The number of carbonyl (C=O) groups excluding carboxylic acids is 2. The van der Waals surface area contributed by atoms with Gasteiger partial charge in [-0.1, -0.05) is 18.9 Å². The van der Waals surface area contributed by atoms with Gasteiger partial charge in [0.1, 0.15) is 0 Å². The second kappa shape index (κ2) is 7.11. The predicted molar refractivity (Wildman–Crippen MR) is 83.3 cm³/mol. The lowest BCUT2D eigenvalue weighted by molar-refractivity contribution is -0.118. The molecule has 3 amide bonds. The number of anilines is 1. The summed E-state index contributed by atoms with van der Waals surface area (Å²) in [6, 6.07) is 5.83.